The summed E-state index contributed by atoms with van der Waals surface area (Å²) in [5, 5.41) is 0. The molecule has 6 heteroatoms. The molecule has 0 aromatic heterocycles. The van der Waals surface area contributed by atoms with E-state index in [1.807, 2.05) is 0 Å². The third-order valence-electron chi connectivity index (χ3n) is 3.60. The van der Waals surface area contributed by atoms with Crippen LogP contribution in [0.5, 0.6) is 0 Å². The molecule has 0 rings (SSSR count). The zero-order valence-electron chi connectivity index (χ0n) is 13.8. The fourth-order valence-corrected chi connectivity index (χ4v) is 3.07. The second kappa shape index (κ2) is 16.3. The maximum atomic E-state index is 10.7. The topological polar surface area (TPSA) is 57.2 Å². The van der Waals surface area contributed by atoms with E-state index < -0.39 is 14.3 Å². The van der Waals surface area contributed by atoms with Gasteiger partial charge in [-0.2, -0.15) is 0 Å². The van der Waals surface area contributed by atoms with E-state index >= 15 is 0 Å². The monoisotopic (exact) mass is 392 g/mol. The van der Waals surface area contributed by atoms with E-state index in [4.69, 9.17) is 0 Å². The van der Waals surface area contributed by atoms with Crippen LogP contribution in [0.15, 0.2) is 0 Å². The molecule has 21 heavy (non-hydrogen) atoms. The Kier molecular flexibility index (Phi) is 19.1. The van der Waals surface area contributed by atoms with Gasteiger partial charge in [-0.25, -0.2) is 8.42 Å². The Balaban J connectivity index is 0. The van der Waals surface area contributed by atoms with Crippen molar-refractivity contribution >= 4 is 26.0 Å². The van der Waals surface area contributed by atoms with E-state index in [9.17, 15) is 13.0 Å². The van der Waals surface area contributed by atoms with E-state index in [-0.39, 0.29) is 29.6 Å². The SMILES string of the molecule is CCCCCCCCCCCCCCC(Br)S(=O)(=O)[O-].[Na+]. The van der Waals surface area contributed by atoms with Crippen LogP contribution in [-0.4, -0.2) is 17.1 Å². The van der Waals surface area contributed by atoms with Crippen LogP contribution in [0.1, 0.15) is 90.4 Å². The van der Waals surface area contributed by atoms with Gasteiger partial charge in [0.05, 0.1) is 0 Å². The van der Waals surface area contributed by atoms with Crippen LogP contribution in [0.2, 0.25) is 0 Å². The molecule has 0 aliphatic rings. The first-order valence-electron chi connectivity index (χ1n) is 8.07. The molecule has 1 atom stereocenters. The van der Waals surface area contributed by atoms with Gasteiger partial charge < -0.3 is 4.55 Å². The van der Waals surface area contributed by atoms with Crippen molar-refractivity contribution in [1.82, 2.24) is 0 Å². The van der Waals surface area contributed by atoms with Gasteiger partial charge in [-0.1, -0.05) is 99.9 Å². The van der Waals surface area contributed by atoms with E-state index in [0.29, 0.717) is 6.42 Å². The second-order valence-electron chi connectivity index (χ2n) is 5.58. The van der Waals surface area contributed by atoms with Crippen LogP contribution in [0.3, 0.4) is 0 Å². The molecule has 0 bridgehead atoms. The maximum Gasteiger partial charge on any atom is 1.00 e. The number of rotatable bonds is 14. The predicted octanol–water partition coefficient (Wildman–Crippen LogP) is 2.35. The molecular weight excluding hydrogens is 363 g/mol. The van der Waals surface area contributed by atoms with E-state index in [1.54, 1.807) is 0 Å². The molecule has 1 unspecified atom stereocenters. The van der Waals surface area contributed by atoms with E-state index in [0.717, 1.165) is 19.3 Å². The molecule has 122 valence electrons. The Labute approximate surface area is 162 Å². The first kappa shape index (κ1) is 24.6. The minimum Gasteiger partial charge on any atom is -0.747 e. The number of halogens is 1. The normalized spacial score (nSPS) is 12.9. The minimum atomic E-state index is -4.15. The van der Waals surface area contributed by atoms with Crippen molar-refractivity contribution in [2.75, 3.05) is 0 Å². The summed E-state index contributed by atoms with van der Waals surface area (Å²) in [5.41, 5.74) is 0. The summed E-state index contributed by atoms with van der Waals surface area (Å²) >= 11 is 2.93. The van der Waals surface area contributed by atoms with E-state index in [2.05, 4.69) is 22.9 Å². The van der Waals surface area contributed by atoms with Crippen LogP contribution in [-0.2, 0) is 10.1 Å². The van der Waals surface area contributed by atoms with Crippen molar-refractivity contribution in [3.8, 4) is 0 Å². The zero-order chi connectivity index (χ0) is 15.3. The van der Waals surface area contributed by atoms with Gasteiger partial charge in [-0.15, -0.1) is 0 Å². The molecule has 0 radical (unpaired) electrons. The second-order valence-corrected chi connectivity index (χ2v) is 8.85. The maximum absolute atomic E-state index is 10.7. The first-order valence-corrected chi connectivity index (χ1v) is 10.5. The van der Waals surface area contributed by atoms with Crippen molar-refractivity contribution in [3.63, 3.8) is 0 Å². The zero-order valence-corrected chi connectivity index (χ0v) is 18.2. The van der Waals surface area contributed by atoms with Gasteiger partial charge >= 0.3 is 29.6 Å². The van der Waals surface area contributed by atoms with Crippen LogP contribution < -0.4 is 29.6 Å². The van der Waals surface area contributed by atoms with Crippen molar-refractivity contribution in [2.24, 2.45) is 0 Å². The molecule has 0 saturated carbocycles. The molecule has 3 nitrogen and oxygen atoms in total. The summed E-state index contributed by atoms with van der Waals surface area (Å²) in [5.74, 6) is 0. The number of unbranched alkanes of at least 4 members (excludes halogenated alkanes) is 11. The molecule has 0 amide bonds. The molecule has 0 saturated heterocycles. The summed E-state index contributed by atoms with van der Waals surface area (Å²) in [4.78, 5) is 0. The molecule has 0 fully saturated rings. The Hall–Kier alpha value is 1.39. The predicted molar refractivity (Wildman–Crippen MR) is 88.1 cm³/mol. The largest absolute Gasteiger partial charge is 1.00 e. The molecule has 0 N–H and O–H groups in total. The van der Waals surface area contributed by atoms with Crippen LogP contribution in [0.25, 0.3) is 0 Å². The fraction of sp³-hybridized carbons (Fsp3) is 1.00. The number of hydrogen-bond donors (Lipinski definition) is 0. The average molecular weight is 393 g/mol. The van der Waals surface area contributed by atoms with Crippen molar-refractivity contribution < 1.29 is 42.5 Å². The van der Waals surface area contributed by atoms with Crippen molar-refractivity contribution in [3.05, 3.63) is 0 Å². The molecule has 0 heterocycles. The van der Waals surface area contributed by atoms with Crippen LogP contribution >= 0.6 is 15.9 Å². The summed E-state index contributed by atoms with van der Waals surface area (Å²) in [7, 11) is -4.15. The summed E-state index contributed by atoms with van der Waals surface area (Å²) < 4.78 is 31.1. The molecular formula is C15H30BrNaO3S. The Morgan fingerprint density at radius 3 is 1.48 bits per heavy atom. The van der Waals surface area contributed by atoms with Gasteiger partial charge in [0.1, 0.15) is 14.3 Å². The van der Waals surface area contributed by atoms with Crippen LogP contribution in [0.4, 0.5) is 0 Å². The molecule has 0 aliphatic carbocycles. The van der Waals surface area contributed by atoms with Gasteiger partial charge in [0, 0.05) is 0 Å². The quantitative estimate of drug-likeness (QED) is 0.197. The van der Waals surface area contributed by atoms with Gasteiger partial charge in [0.25, 0.3) is 0 Å². The third-order valence-corrected chi connectivity index (χ3v) is 6.29. The molecule has 0 aromatic carbocycles. The summed E-state index contributed by atoms with van der Waals surface area (Å²) in [6.45, 7) is 2.24. The van der Waals surface area contributed by atoms with Gasteiger partial charge in [0.2, 0.25) is 0 Å². The fourth-order valence-electron chi connectivity index (χ4n) is 2.29. The van der Waals surface area contributed by atoms with E-state index in [1.165, 1.54) is 57.8 Å². The van der Waals surface area contributed by atoms with Gasteiger partial charge in [0.15, 0.2) is 0 Å². The molecule has 0 aromatic rings. The Bertz CT molecular complexity index is 310. The summed E-state index contributed by atoms with van der Waals surface area (Å²) in [6, 6.07) is 0. The molecule has 0 aliphatic heterocycles. The first-order chi connectivity index (χ1) is 9.48. The van der Waals surface area contributed by atoms with Crippen molar-refractivity contribution in [1.29, 1.82) is 0 Å². The Morgan fingerprint density at radius 2 is 1.14 bits per heavy atom. The van der Waals surface area contributed by atoms with Gasteiger partial charge in [-0.05, 0) is 6.42 Å². The van der Waals surface area contributed by atoms with Crippen molar-refractivity contribution in [2.45, 2.75) is 94.6 Å². The third kappa shape index (κ3) is 17.6. The van der Waals surface area contributed by atoms with Crippen LogP contribution in [0, 0.1) is 0 Å². The average Bonchev–Trinajstić information content (AvgIpc) is 2.38. The smallest absolute Gasteiger partial charge is 0.747 e. The minimum absolute atomic E-state index is 0. The number of hydrogen-bond acceptors (Lipinski definition) is 3. The molecule has 0 spiro atoms. The number of alkyl halides is 1. The summed E-state index contributed by atoms with van der Waals surface area (Å²) in [6.07, 6.45) is 15.4. The van der Waals surface area contributed by atoms with Gasteiger partial charge in [-0.3, -0.25) is 0 Å². The standard InChI is InChI=1S/C15H31BrO3S.Na/c1-2-3-4-5-6-7-8-9-10-11-12-13-14-15(16)20(17,18)19;/h15H,2-14H2,1H3,(H,17,18,19);/q;+1/p-1. The Morgan fingerprint density at radius 1 is 0.810 bits per heavy atom.